The van der Waals surface area contributed by atoms with Gasteiger partial charge in [0.05, 0.1) is 0 Å². The molecule has 106 valence electrons. The monoisotopic (exact) mass is 264 g/mol. The van der Waals surface area contributed by atoms with Gasteiger partial charge in [-0.05, 0) is 44.7 Å². The van der Waals surface area contributed by atoms with Crippen molar-refractivity contribution in [2.24, 2.45) is 0 Å². The Morgan fingerprint density at radius 3 is 2.79 bits per heavy atom. The van der Waals surface area contributed by atoms with Crippen LogP contribution in [0.2, 0.25) is 0 Å². The molecule has 4 heteroatoms. The van der Waals surface area contributed by atoms with Gasteiger partial charge in [0, 0.05) is 44.1 Å². The van der Waals surface area contributed by atoms with Crippen molar-refractivity contribution in [3.63, 3.8) is 0 Å². The molecule has 0 unspecified atom stereocenters. The highest BCUT2D eigenvalue weighted by molar-refractivity contribution is 5.26. The van der Waals surface area contributed by atoms with E-state index < -0.39 is 0 Å². The quantitative estimate of drug-likeness (QED) is 0.763. The number of methoxy groups -OCH3 is 1. The molecular formula is C15H24N2O2. The van der Waals surface area contributed by atoms with E-state index in [1.54, 1.807) is 7.11 Å². The van der Waals surface area contributed by atoms with Crippen LogP contribution in [0.25, 0.3) is 0 Å². The van der Waals surface area contributed by atoms with E-state index in [9.17, 15) is 4.79 Å². The maximum atomic E-state index is 12.5. The number of hydrogen-bond acceptors (Lipinski definition) is 3. The SMILES string of the molecule is COCCCn1c(C)cc(C)c(CNC2CC2)c1=O. The summed E-state index contributed by atoms with van der Waals surface area (Å²) >= 11 is 0. The van der Waals surface area contributed by atoms with E-state index in [2.05, 4.69) is 11.4 Å². The van der Waals surface area contributed by atoms with Crippen molar-refractivity contribution >= 4 is 0 Å². The third-order valence-corrected chi connectivity index (χ3v) is 3.71. The molecule has 19 heavy (non-hydrogen) atoms. The Bertz CT molecular complexity index is 490. The summed E-state index contributed by atoms with van der Waals surface area (Å²) in [4.78, 5) is 12.5. The number of nitrogens with zero attached hydrogens (tertiary/aromatic N) is 1. The highest BCUT2D eigenvalue weighted by Crippen LogP contribution is 2.19. The maximum absolute atomic E-state index is 12.5. The summed E-state index contributed by atoms with van der Waals surface area (Å²) in [5.74, 6) is 0. The van der Waals surface area contributed by atoms with Crippen molar-refractivity contribution < 1.29 is 4.74 Å². The number of aromatic nitrogens is 1. The molecule has 1 heterocycles. The van der Waals surface area contributed by atoms with Crippen LogP contribution in [0.1, 0.15) is 36.1 Å². The Morgan fingerprint density at radius 2 is 2.16 bits per heavy atom. The van der Waals surface area contributed by atoms with Gasteiger partial charge in [-0.2, -0.15) is 0 Å². The molecule has 1 aromatic heterocycles. The van der Waals surface area contributed by atoms with Crippen LogP contribution in [0.4, 0.5) is 0 Å². The summed E-state index contributed by atoms with van der Waals surface area (Å²) < 4.78 is 6.93. The van der Waals surface area contributed by atoms with Crippen LogP contribution in [-0.4, -0.2) is 24.3 Å². The number of nitrogens with one attached hydrogen (secondary N) is 1. The highest BCUT2D eigenvalue weighted by atomic mass is 16.5. The number of rotatable bonds is 7. The third kappa shape index (κ3) is 3.67. The lowest BCUT2D eigenvalue weighted by Crippen LogP contribution is -2.30. The summed E-state index contributed by atoms with van der Waals surface area (Å²) in [6.07, 6.45) is 3.36. The first-order valence-corrected chi connectivity index (χ1v) is 7.05. The molecule has 0 spiro atoms. The molecule has 0 aliphatic heterocycles. The van der Waals surface area contributed by atoms with Gasteiger partial charge < -0.3 is 14.6 Å². The topological polar surface area (TPSA) is 43.3 Å². The Kier molecular flexibility index (Phi) is 4.77. The molecule has 1 saturated carbocycles. The van der Waals surface area contributed by atoms with Gasteiger partial charge in [-0.25, -0.2) is 0 Å². The molecule has 1 fully saturated rings. The van der Waals surface area contributed by atoms with Crippen LogP contribution in [0.5, 0.6) is 0 Å². The van der Waals surface area contributed by atoms with Crippen molar-refractivity contribution in [2.45, 2.75) is 52.2 Å². The van der Waals surface area contributed by atoms with Crippen molar-refractivity contribution in [1.82, 2.24) is 9.88 Å². The molecule has 2 rings (SSSR count). The molecule has 4 nitrogen and oxygen atoms in total. The molecule has 0 atom stereocenters. The minimum atomic E-state index is 0.154. The predicted molar refractivity (Wildman–Crippen MR) is 76.5 cm³/mol. The Balaban J connectivity index is 2.16. The molecule has 1 N–H and O–H groups in total. The summed E-state index contributed by atoms with van der Waals surface area (Å²) in [5, 5.41) is 3.43. The van der Waals surface area contributed by atoms with E-state index in [1.165, 1.54) is 12.8 Å². The van der Waals surface area contributed by atoms with Crippen LogP contribution in [0.15, 0.2) is 10.9 Å². The standard InChI is InChI=1S/C15H24N2O2/c1-11-9-12(2)17(7-4-8-19-3)15(18)14(11)10-16-13-5-6-13/h9,13,16H,4-8,10H2,1-3H3. The minimum absolute atomic E-state index is 0.154. The normalized spacial score (nSPS) is 14.9. The van der Waals surface area contributed by atoms with Crippen molar-refractivity contribution in [3.05, 3.63) is 33.2 Å². The first-order valence-electron chi connectivity index (χ1n) is 7.05. The van der Waals surface area contributed by atoms with Gasteiger partial charge in [-0.1, -0.05) is 0 Å². The first kappa shape index (κ1) is 14.3. The van der Waals surface area contributed by atoms with Crippen LogP contribution in [0, 0.1) is 13.8 Å². The lowest BCUT2D eigenvalue weighted by molar-refractivity contribution is 0.189. The van der Waals surface area contributed by atoms with Gasteiger partial charge in [-0.15, -0.1) is 0 Å². The Hall–Kier alpha value is -1.13. The average Bonchev–Trinajstić information content (AvgIpc) is 3.17. The summed E-state index contributed by atoms with van der Waals surface area (Å²) in [6, 6.07) is 2.74. The summed E-state index contributed by atoms with van der Waals surface area (Å²) in [6.45, 7) is 6.14. The van der Waals surface area contributed by atoms with E-state index >= 15 is 0 Å². The van der Waals surface area contributed by atoms with E-state index in [1.807, 2.05) is 18.4 Å². The number of pyridine rings is 1. The predicted octanol–water partition coefficient (Wildman–Crippen LogP) is 1.75. The lowest BCUT2D eigenvalue weighted by Gasteiger charge is -2.14. The zero-order valence-corrected chi connectivity index (χ0v) is 12.2. The van der Waals surface area contributed by atoms with Gasteiger partial charge in [0.1, 0.15) is 0 Å². The molecule has 1 aromatic rings. The third-order valence-electron chi connectivity index (χ3n) is 3.71. The fourth-order valence-corrected chi connectivity index (χ4v) is 2.36. The molecule has 0 radical (unpaired) electrons. The second kappa shape index (κ2) is 6.35. The number of hydrogen-bond donors (Lipinski definition) is 1. The number of aryl methyl sites for hydroxylation is 2. The molecule has 0 amide bonds. The van der Waals surface area contributed by atoms with Crippen molar-refractivity contribution in [2.75, 3.05) is 13.7 Å². The maximum Gasteiger partial charge on any atom is 0.255 e. The van der Waals surface area contributed by atoms with Crippen molar-refractivity contribution in [1.29, 1.82) is 0 Å². The van der Waals surface area contributed by atoms with Gasteiger partial charge in [0.15, 0.2) is 0 Å². The van der Waals surface area contributed by atoms with Crippen LogP contribution >= 0.6 is 0 Å². The lowest BCUT2D eigenvalue weighted by atomic mass is 10.1. The second-order valence-electron chi connectivity index (χ2n) is 5.41. The van der Waals surface area contributed by atoms with E-state index in [-0.39, 0.29) is 5.56 Å². The van der Waals surface area contributed by atoms with E-state index in [4.69, 9.17) is 4.74 Å². The van der Waals surface area contributed by atoms with E-state index in [0.29, 0.717) is 19.2 Å². The largest absolute Gasteiger partial charge is 0.385 e. The highest BCUT2D eigenvalue weighted by Gasteiger charge is 2.21. The zero-order chi connectivity index (χ0) is 13.8. The van der Waals surface area contributed by atoms with Gasteiger partial charge in [0.25, 0.3) is 5.56 Å². The van der Waals surface area contributed by atoms with Crippen LogP contribution < -0.4 is 10.9 Å². The first-order chi connectivity index (χ1) is 9.13. The smallest absolute Gasteiger partial charge is 0.255 e. The summed E-state index contributed by atoms with van der Waals surface area (Å²) in [5.41, 5.74) is 3.20. The van der Waals surface area contributed by atoms with Gasteiger partial charge >= 0.3 is 0 Å². The molecule has 0 aromatic carbocycles. The van der Waals surface area contributed by atoms with Crippen molar-refractivity contribution in [3.8, 4) is 0 Å². The summed E-state index contributed by atoms with van der Waals surface area (Å²) in [7, 11) is 1.69. The van der Waals surface area contributed by atoms with E-state index in [0.717, 1.165) is 29.8 Å². The Morgan fingerprint density at radius 1 is 1.42 bits per heavy atom. The van der Waals surface area contributed by atoms with Crippen LogP contribution in [0.3, 0.4) is 0 Å². The molecule has 1 aliphatic carbocycles. The second-order valence-corrected chi connectivity index (χ2v) is 5.41. The fourth-order valence-electron chi connectivity index (χ4n) is 2.36. The fraction of sp³-hybridized carbons (Fsp3) is 0.667. The Labute approximate surface area is 114 Å². The molecular weight excluding hydrogens is 240 g/mol. The molecule has 1 aliphatic rings. The zero-order valence-electron chi connectivity index (χ0n) is 12.2. The molecule has 0 saturated heterocycles. The van der Waals surface area contributed by atoms with Gasteiger partial charge in [-0.3, -0.25) is 4.79 Å². The molecule has 0 bridgehead atoms. The minimum Gasteiger partial charge on any atom is -0.385 e. The van der Waals surface area contributed by atoms with Gasteiger partial charge in [0.2, 0.25) is 0 Å². The number of ether oxygens (including phenoxy) is 1. The average molecular weight is 264 g/mol. The van der Waals surface area contributed by atoms with Crippen LogP contribution in [-0.2, 0) is 17.8 Å².